The second kappa shape index (κ2) is 8.01. The van der Waals surface area contributed by atoms with Gasteiger partial charge in [-0.3, -0.25) is 4.90 Å². The molecule has 0 unspecified atom stereocenters. The van der Waals surface area contributed by atoms with Crippen LogP contribution in [0.1, 0.15) is 5.56 Å². The first kappa shape index (κ1) is 17.2. The molecule has 136 valence electrons. The van der Waals surface area contributed by atoms with E-state index in [9.17, 15) is 0 Å². The third-order valence-electron chi connectivity index (χ3n) is 4.35. The van der Waals surface area contributed by atoms with Crippen molar-refractivity contribution >= 4 is 11.6 Å². The molecule has 6 bridgehead atoms. The summed E-state index contributed by atoms with van der Waals surface area (Å²) in [6.07, 6.45) is 5.97. The van der Waals surface area contributed by atoms with Gasteiger partial charge < -0.3 is 10.1 Å². The molecule has 1 aromatic heterocycles. The van der Waals surface area contributed by atoms with E-state index in [2.05, 4.69) is 57.6 Å². The summed E-state index contributed by atoms with van der Waals surface area (Å²) in [6.45, 7) is 2.27. The van der Waals surface area contributed by atoms with E-state index in [1.165, 1.54) is 5.56 Å². The highest BCUT2D eigenvalue weighted by Crippen LogP contribution is 2.24. The van der Waals surface area contributed by atoms with Gasteiger partial charge in [-0.15, -0.1) is 0 Å². The largest absolute Gasteiger partial charge is 0.490 e. The normalized spacial score (nSPS) is 14.7. The first-order valence-corrected chi connectivity index (χ1v) is 9.02. The maximum Gasteiger partial charge on any atom is 0.227 e. The lowest BCUT2D eigenvalue weighted by Gasteiger charge is -2.15. The number of likely N-dealkylation sites (N-methyl/N-ethyl adjacent to an activating group) is 1. The smallest absolute Gasteiger partial charge is 0.227 e. The minimum absolute atomic E-state index is 0.545. The van der Waals surface area contributed by atoms with Gasteiger partial charge >= 0.3 is 0 Å². The molecule has 2 heterocycles. The molecule has 3 aromatic rings. The second-order valence-corrected chi connectivity index (χ2v) is 6.60. The Kier molecular flexibility index (Phi) is 5.12. The van der Waals surface area contributed by atoms with Crippen LogP contribution in [0.4, 0.5) is 11.6 Å². The van der Waals surface area contributed by atoms with Gasteiger partial charge in [-0.1, -0.05) is 36.4 Å². The molecule has 27 heavy (non-hydrogen) atoms. The monoisotopic (exact) mass is 358 g/mol. The highest BCUT2D eigenvalue weighted by Gasteiger charge is 2.06. The predicted octanol–water partition coefficient (Wildman–Crippen LogP) is 4.27. The molecule has 0 spiro atoms. The van der Waals surface area contributed by atoms with Crippen LogP contribution < -0.4 is 10.1 Å². The number of aromatic nitrogens is 2. The molecule has 1 aliphatic rings. The van der Waals surface area contributed by atoms with Crippen LogP contribution >= 0.6 is 0 Å². The Morgan fingerprint density at radius 3 is 2.93 bits per heavy atom. The van der Waals surface area contributed by atoms with E-state index in [0.29, 0.717) is 12.6 Å². The van der Waals surface area contributed by atoms with Crippen LogP contribution in [0.25, 0.3) is 11.3 Å². The van der Waals surface area contributed by atoms with E-state index in [1.807, 2.05) is 36.4 Å². The Labute approximate surface area is 159 Å². The van der Waals surface area contributed by atoms with Gasteiger partial charge in [-0.05, 0) is 42.9 Å². The van der Waals surface area contributed by atoms with Crippen LogP contribution in [0.3, 0.4) is 0 Å². The fraction of sp³-hybridized carbons (Fsp3) is 0.182. The summed E-state index contributed by atoms with van der Waals surface area (Å²) >= 11 is 0. The van der Waals surface area contributed by atoms with Gasteiger partial charge in [0, 0.05) is 30.5 Å². The van der Waals surface area contributed by atoms with Crippen LogP contribution in [0, 0.1) is 0 Å². The number of hydrogen-bond donors (Lipinski definition) is 1. The number of ether oxygens (including phenoxy) is 1. The fourth-order valence-corrected chi connectivity index (χ4v) is 3.04. The Hall–Kier alpha value is -3.18. The molecule has 0 saturated carbocycles. The van der Waals surface area contributed by atoms with E-state index < -0.39 is 0 Å². The third kappa shape index (κ3) is 4.51. The maximum atomic E-state index is 5.85. The number of nitrogens with one attached hydrogen (secondary N) is 1. The zero-order chi connectivity index (χ0) is 18.5. The van der Waals surface area contributed by atoms with Crippen molar-refractivity contribution in [3.05, 3.63) is 78.5 Å². The van der Waals surface area contributed by atoms with E-state index in [1.54, 1.807) is 6.20 Å². The summed E-state index contributed by atoms with van der Waals surface area (Å²) in [5.74, 6) is 1.41. The molecular formula is C22H22N4O. The summed E-state index contributed by atoms with van der Waals surface area (Å²) < 4.78 is 5.85. The van der Waals surface area contributed by atoms with E-state index >= 15 is 0 Å². The van der Waals surface area contributed by atoms with Gasteiger partial charge in [-0.25, -0.2) is 9.97 Å². The molecule has 1 aliphatic heterocycles. The van der Waals surface area contributed by atoms with Crippen molar-refractivity contribution in [2.24, 2.45) is 0 Å². The van der Waals surface area contributed by atoms with Crippen molar-refractivity contribution < 1.29 is 4.74 Å². The lowest BCUT2D eigenvalue weighted by molar-refractivity contribution is 0.352. The second-order valence-electron chi connectivity index (χ2n) is 6.60. The van der Waals surface area contributed by atoms with Crippen molar-refractivity contribution in [2.45, 2.75) is 6.54 Å². The van der Waals surface area contributed by atoms with Crippen molar-refractivity contribution in [3.8, 4) is 17.0 Å². The molecule has 0 aliphatic carbocycles. The van der Waals surface area contributed by atoms with Gasteiger partial charge in [0.1, 0.15) is 12.4 Å². The summed E-state index contributed by atoms with van der Waals surface area (Å²) in [7, 11) is 2.11. The standard InChI is InChI=1S/C22H22N4O/c1-26-12-2-3-13-27-20-9-5-7-18(15-20)21-10-11-23-22(25-21)24-19-8-4-6-17(14-19)16-26/h2-11,14-15H,12-13,16H2,1H3,(H,23,24,25). The van der Waals surface area contributed by atoms with Gasteiger partial charge in [0.15, 0.2) is 0 Å². The van der Waals surface area contributed by atoms with E-state index in [-0.39, 0.29) is 0 Å². The number of benzene rings is 2. The number of rotatable bonds is 0. The van der Waals surface area contributed by atoms with Gasteiger partial charge in [0.2, 0.25) is 5.95 Å². The van der Waals surface area contributed by atoms with Gasteiger partial charge in [-0.2, -0.15) is 0 Å². The summed E-state index contributed by atoms with van der Waals surface area (Å²) in [5, 5.41) is 3.31. The van der Waals surface area contributed by atoms with E-state index in [0.717, 1.165) is 35.8 Å². The first-order valence-electron chi connectivity index (χ1n) is 9.02. The lowest BCUT2D eigenvalue weighted by atomic mass is 10.1. The van der Waals surface area contributed by atoms with Crippen molar-refractivity contribution in [2.75, 3.05) is 25.5 Å². The quantitative estimate of drug-likeness (QED) is 0.608. The lowest BCUT2D eigenvalue weighted by Crippen LogP contribution is -2.17. The van der Waals surface area contributed by atoms with Crippen molar-refractivity contribution in [1.82, 2.24) is 14.9 Å². The van der Waals surface area contributed by atoms with Crippen LogP contribution in [-0.2, 0) is 6.54 Å². The zero-order valence-electron chi connectivity index (χ0n) is 15.3. The summed E-state index contributed by atoms with van der Waals surface area (Å²) in [6, 6.07) is 18.2. The Morgan fingerprint density at radius 2 is 1.96 bits per heavy atom. The van der Waals surface area contributed by atoms with Crippen molar-refractivity contribution in [1.29, 1.82) is 0 Å². The number of anilines is 2. The summed E-state index contributed by atoms with van der Waals surface area (Å²) in [4.78, 5) is 11.3. The number of hydrogen-bond acceptors (Lipinski definition) is 5. The number of fused-ring (bicyclic) bond motifs is 7. The van der Waals surface area contributed by atoms with Crippen LogP contribution in [0.5, 0.6) is 5.75 Å². The molecule has 5 heteroatoms. The zero-order valence-corrected chi connectivity index (χ0v) is 15.3. The Bertz CT molecular complexity index is 954. The van der Waals surface area contributed by atoms with Crippen LogP contribution in [0.15, 0.2) is 72.9 Å². The van der Waals surface area contributed by atoms with Gasteiger partial charge in [0.05, 0.1) is 5.69 Å². The molecule has 5 nitrogen and oxygen atoms in total. The predicted molar refractivity (Wildman–Crippen MR) is 108 cm³/mol. The molecule has 0 fully saturated rings. The highest BCUT2D eigenvalue weighted by atomic mass is 16.5. The molecule has 4 rings (SSSR count). The third-order valence-corrected chi connectivity index (χ3v) is 4.35. The molecule has 0 saturated heterocycles. The molecule has 0 amide bonds. The average Bonchev–Trinajstić information content (AvgIpc) is 2.68. The van der Waals surface area contributed by atoms with Gasteiger partial charge in [0.25, 0.3) is 0 Å². The fourth-order valence-electron chi connectivity index (χ4n) is 3.04. The molecule has 1 N–H and O–H groups in total. The Balaban J connectivity index is 1.71. The molecule has 0 atom stereocenters. The van der Waals surface area contributed by atoms with E-state index in [4.69, 9.17) is 4.74 Å². The highest BCUT2D eigenvalue weighted by molar-refractivity contribution is 5.63. The number of nitrogens with zero attached hydrogens (tertiary/aromatic N) is 3. The first-order chi connectivity index (χ1) is 13.3. The molecular weight excluding hydrogens is 336 g/mol. The minimum atomic E-state index is 0.545. The minimum Gasteiger partial charge on any atom is -0.490 e. The van der Waals surface area contributed by atoms with Crippen molar-refractivity contribution in [3.63, 3.8) is 0 Å². The van der Waals surface area contributed by atoms with Crippen LogP contribution in [-0.4, -0.2) is 35.1 Å². The maximum absolute atomic E-state index is 5.85. The summed E-state index contributed by atoms with van der Waals surface area (Å²) in [5.41, 5.74) is 4.07. The SMILES string of the molecule is CN1CC=CCOc2cccc(c2)-c2ccnc(n2)Nc2cccc(c2)C1. The Morgan fingerprint density at radius 1 is 1.04 bits per heavy atom. The molecule has 0 radical (unpaired) electrons. The topological polar surface area (TPSA) is 50.3 Å². The molecule has 2 aromatic carbocycles. The van der Waals surface area contributed by atoms with Crippen LogP contribution in [0.2, 0.25) is 0 Å². The average molecular weight is 358 g/mol.